The van der Waals surface area contributed by atoms with Crippen LogP contribution in [0.1, 0.15) is 12.8 Å². The van der Waals surface area contributed by atoms with Gasteiger partial charge in [0, 0.05) is 24.1 Å². The molecule has 1 atom stereocenters. The third kappa shape index (κ3) is 2.37. The van der Waals surface area contributed by atoms with Crippen LogP contribution >= 0.6 is 15.9 Å². The molecule has 3 rings (SSSR count). The summed E-state index contributed by atoms with van der Waals surface area (Å²) in [6.07, 6.45) is 2.22. The zero-order chi connectivity index (χ0) is 13.4. The third-order valence-electron chi connectivity index (χ3n) is 3.89. The van der Waals surface area contributed by atoms with Crippen molar-refractivity contribution in [3.8, 4) is 0 Å². The molecule has 0 saturated carbocycles. The summed E-state index contributed by atoms with van der Waals surface area (Å²) in [6.45, 7) is 2.41. The van der Waals surface area contributed by atoms with Gasteiger partial charge in [0.15, 0.2) is 0 Å². The number of carbonyl (C=O) groups excluding carboxylic acids is 1. The number of piperidine rings is 1. The van der Waals surface area contributed by atoms with Crippen LogP contribution in [-0.4, -0.2) is 38.6 Å². The van der Waals surface area contributed by atoms with Gasteiger partial charge in [-0.2, -0.15) is 0 Å². The number of benzene rings is 1. The van der Waals surface area contributed by atoms with Gasteiger partial charge in [-0.1, -0.05) is 15.9 Å². The van der Waals surface area contributed by atoms with E-state index in [0.29, 0.717) is 6.54 Å². The van der Waals surface area contributed by atoms with Crippen LogP contribution in [0.2, 0.25) is 0 Å². The van der Waals surface area contributed by atoms with Gasteiger partial charge in [0.25, 0.3) is 0 Å². The first kappa shape index (κ1) is 12.9. The smallest absolute Gasteiger partial charge is 0.246 e. The van der Waals surface area contributed by atoms with Gasteiger partial charge < -0.3 is 15.1 Å². The first-order valence-electron chi connectivity index (χ1n) is 6.70. The van der Waals surface area contributed by atoms with Crippen LogP contribution in [-0.2, 0) is 4.79 Å². The maximum Gasteiger partial charge on any atom is 0.246 e. The number of hydrogen-bond donors (Lipinski definition) is 1. The number of likely N-dealkylation sites (N-methyl/N-ethyl adjacent to an activating group) is 1. The van der Waals surface area contributed by atoms with Gasteiger partial charge >= 0.3 is 0 Å². The van der Waals surface area contributed by atoms with Gasteiger partial charge in [0.2, 0.25) is 5.91 Å². The predicted octanol–water partition coefficient (Wildman–Crippen LogP) is 1.98. The maximum absolute atomic E-state index is 12.4. The van der Waals surface area contributed by atoms with Crippen LogP contribution in [0, 0.1) is 0 Å². The van der Waals surface area contributed by atoms with E-state index in [1.165, 1.54) is 0 Å². The zero-order valence-electron chi connectivity index (χ0n) is 11.0. The molecule has 5 heteroatoms. The second-order valence-electron chi connectivity index (χ2n) is 5.25. The number of nitrogens with one attached hydrogen (secondary N) is 1. The minimum absolute atomic E-state index is 0.200. The molecule has 102 valence electrons. The molecule has 2 aliphatic heterocycles. The molecule has 2 aliphatic rings. The second-order valence-corrected chi connectivity index (χ2v) is 6.17. The monoisotopic (exact) mass is 323 g/mol. The van der Waals surface area contributed by atoms with Gasteiger partial charge in [-0.15, -0.1) is 0 Å². The Morgan fingerprint density at radius 2 is 2.21 bits per heavy atom. The Balaban J connectivity index is 2.00. The Bertz CT molecular complexity index is 499. The number of rotatable bonds is 1. The van der Waals surface area contributed by atoms with Crippen molar-refractivity contribution in [1.29, 1.82) is 0 Å². The normalized spacial score (nSPS) is 23.5. The third-order valence-corrected chi connectivity index (χ3v) is 4.38. The average molecular weight is 324 g/mol. The van der Waals surface area contributed by atoms with Gasteiger partial charge in [-0.25, -0.2) is 0 Å². The molecule has 4 nitrogen and oxygen atoms in total. The fourth-order valence-electron chi connectivity index (χ4n) is 2.96. The summed E-state index contributed by atoms with van der Waals surface area (Å²) in [5.41, 5.74) is 2.16. The molecule has 1 saturated heterocycles. The van der Waals surface area contributed by atoms with E-state index < -0.39 is 0 Å². The molecule has 0 aromatic heterocycles. The standard InChI is InChI=1S/C14H18BrN3O/c1-17-9-14(19)18(11-3-2-6-16-8-11)12-5-4-10(15)7-13(12)17/h4-5,7,11,16H,2-3,6,8-9H2,1H3. The molecule has 19 heavy (non-hydrogen) atoms. The van der Waals surface area contributed by atoms with E-state index in [1.807, 2.05) is 29.0 Å². The highest BCUT2D eigenvalue weighted by Crippen LogP contribution is 2.37. The quantitative estimate of drug-likeness (QED) is 0.858. The molecule has 0 spiro atoms. The van der Waals surface area contributed by atoms with Crippen molar-refractivity contribution in [2.75, 3.05) is 36.5 Å². The van der Waals surface area contributed by atoms with Crippen molar-refractivity contribution in [2.24, 2.45) is 0 Å². The minimum atomic E-state index is 0.200. The SMILES string of the molecule is CN1CC(=O)N(C2CCCNC2)c2ccc(Br)cc21. The van der Waals surface area contributed by atoms with Crippen LogP contribution in [0.15, 0.2) is 22.7 Å². The molecule has 1 unspecified atom stereocenters. The zero-order valence-corrected chi connectivity index (χ0v) is 12.6. The summed E-state index contributed by atoms with van der Waals surface area (Å²) in [4.78, 5) is 16.4. The lowest BCUT2D eigenvalue weighted by Crippen LogP contribution is -2.54. The van der Waals surface area contributed by atoms with Crippen molar-refractivity contribution < 1.29 is 4.79 Å². The predicted molar refractivity (Wildman–Crippen MR) is 80.8 cm³/mol. The number of hydrogen-bond acceptors (Lipinski definition) is 3. The second kappa shape index (κ2) is 5.13. The van der Waals surface area contributed by atoms with E-state index >= 15 is 0 Å². The van der Waals surface area contributed by atoms with E-state index in [2.05, 4.69) is 27.3 Å². The van der Waals surface area contributed by atoms with Crippen molar-refractivity contribution in [1.82, 2.24) is 5.32 Å². The number of fused-ring (bicyclic) bond motifs is 1. The Labute approximate surface area is 121 Å². The summed E-state index contributed by atoms with van der Waals surface area (Å²) >= 11 is 3.51. The van der Waals surface area contributed by atoms with Crippen molar-refractivity contribution in [3.63, 3.8) is 0 Å². The number of anilines is 2. The molecule has 1 N–H and O–H groups in total. The van der Waals surface area contributed by atoms with Crippen molar-refractivity contribution in [3.05, 3.63) is 22.7 Å². The maximum atomic E-state index is 12.4. The van der Waals surface area contributed by atoms with Crippen molar-refractivity contribution in [2.45, 2.75) is 18.9 Å². The summed E-state index contributed by atoms with van der Waals surface area (Å²) in [5, 5.41) is 3.39. The van der Waals surface area contributed by atoms with Gasteiger partial charge in [0.1, 0.15) is 0 Å². The summed E-state index contributed by atoms with van der Waals surface area (Å²) in [5.74, 6) is 0.200. The molecule has 1 aromatic rings. The van der Waals surface area contributed by atoms with E-state index in [1.54, 1.807) is 0 Å². The molecular weight excluding hydrogens is 306 g/mol. The molecule has 2 heterocycles. The Kier molecular flexibility index (Phi) is 3.50. The highest BCUT2D eigenvalue weighted by Gasteiger charge is 2.33. The van der Waals surface area contributed by atoms with Crippen LogP contribution in [0.3, 0.4) is 0 Å². The Hall–Kier alpha value is -1.07. The van der Waals surface area contributed by atoms with E-state index in [4.69, 9.17) is 0 Å². The van der Waals surface area contributed by atoms with Gasteiger partial charge in [-0.05, 0) is 37.6 Å². The minimum Gasteiger partial charge on any atom is -0.364 e. The highest BCUT2D eigenvalue weighted by molar-refractivity contribution is 9.10. The fraction of sp³-hybridized carbons (Fsp3) is 0.500. The summed E-state index contributed by atoms with van der Waals surface area (Å²) < 4.78 is 1.05. The fourth-order valence-corrected chi connectivity index (χ4v) is 3.31. The summed E-state index contributed by atoms with van der Waals surface area (Å²) in [6, 6.07) is 6.43. The Morgan fingerprint density at radius 3 is 2.95 bits per heavy atom. The Morgan fingerprint density at radius 1 is 1.37 bits per heavy atom. The average Bonchev–Trinajstić information content (AvgIpc) is 2.41. The van der Waals surface area contributed by atoms with Crippen LogP contribution < -0.4 is 15.1 Å². The van der Waals surface area contributed by atoms with Crippen molar-refractivity contribution >= 4 is 33.2 Å². The molecule has 0 aliphatic carbocycles. The number of amides is 1. The first-order valence-corrected chi connectivity index (χ1v) is 7.49. The van der Waals surface area contributed by atoms with E-state index in [-0.39, 0.29) is 11.9 Å². The molecule has 0 bridgehead atoms. The van der Waals surface area contributed by atoms with E-state index in [0.717, 1.165) is 41.8 Å². The number of nitrogens with zero attached hydrogens (tertiary/aromatic N) is 2. The number of carbonyl (C=O) groups is 1. The highest BCUT2D eigenvalue weighted by atomic mass is 79.9. The first-order chi connectivity index (χ1) is 9.16. The number of halogens is 1. The lowest BCUT2D eigenvalue weighted by molar-refractivity contribution is -0.118. The molecule has 0 radical (unpaired) electrons. The van der Waals surface area contributed by atoms with E-state index in [9.17, 15) is 4.79 Å². The lowest BCUT2D eigenvalue weighted by Gasteiger charge is -2.41. The van der Waals surface area contributed by atoms with Gasteiger partial charge in [0.05, 0.1) is 17.9 Å². The van der Waals surface area contributed by atoms with Crippen LogP contribution in [0.4, 0.5) is 11.4 Å². The van der Waals surface area contributed by atoms with Crippen LogP contribution in [0.5, 0.6) is 0 Å². The topological polar surface area (TPSA) is 35.6 Å². The molecule has 1 amide bonds. The van der Waals surface area contributed by atoms with Gasteiger partial charge in [-0.3, -0.25) is 4.79 Å². The summed E-state index contributed by atoms with van der Waals surface area (Å²) in [7, 11) is 1.97. The lowest BCUT2D eigenvalue weighted by atomic mass is 10.0. The molecule has 1 fully saturated rings. The molecule has 1 aromatic carbocycles. The largest absolute Gasteiger partial charge is 0.364 e. The molecular formula is C14H18BrN3O. The van der Waals surface area contributed by atoms with Crippen LogP contribution in [0.25, 0.3) is 0 Å².